The maximum atomic E-state index is 13.5. The van der Waals surface area contributed by atoms with Crippen LogP contribution >= 0.6 is 0 Å². The molecular formula is C13H17F2N. The van der Waals surface area contributed by atoms with Gasteiger partial charge in [0, 0.05) is 24.2 Å². The number of benzene rings is 1. The molecule has 1 nitrogen and oxygen atoms in total. The Morgan fingerprint density at radius 2 is 2.06 bits per heavy atom. The van der Waals surface area contributed by atoms with E-state index >= 15 is 0 Å². The lowest BCUT2D eigenvalue weighted by molar-refractivity contribution is 0.445. The van der Waals surface area contributed by atoms with E-state index in [0.717, 1.165) is 12.6 Å². The molecule has 0 aromatic heterocycles. The van der Waals surface area contributed by atoms with E-state index in [1.54, 1.807) is 0 Å². The molecule has 1 aromatic rings. The van der Waals surface area contributed by atoms with Crippen LogP contribution in [0.15, 0.2) is 18.2 Å². The minimum Gasteiger partial charge on any atom is -0.310 e. The first-order chi connectivity index (χ1) is 7.50. The third kappa shape index (κ3) is 2.59. The van der Waals surface area contributed by atoms with Gasteiger partial charge in [-0.3, -0.25) is 0 Å². The van der Waals surface area contributed by atoms with Crippen molar-refractivity contribution in [1.82, 2.24) is 5.32 Å². The summed E-state index contributed by atoms with van der Waals surface area (Å²) in [6.07, 6.45) is 2.47. The van der Waals surface area contributed by atoms with Crippen molar-refractivity contribution in [3.8, 4) is 0 Å². The van der Waals surface area contributed by atoms with Crippen LogP contribution < -0.4 is 5.32 Å². The number of hydrogen-bond acceptors (Lipinski definition) is 1. The minimum absolute atomic E-state index is 0.0713. The van der Waals surface area contributed by atoms with Crippen molar-refractivity contribution in [1.29, 1.82) is 0 Å². The highest BCUT2D eigenvalue weighted by Crippen LogP contribution is 2.44. The fraction of sp³-hybridized carbons (Fsp3) is 0.538. The molecule has 0 heterocycles. The van der Waals surface area contributed by atoms with Gasteiger partial charge in [-0.15, -0.1) is 0 Å². The van der Waals surface area contributed by atoms with Gasteiger partial charge in [0.15, 0.2) is 0 Å². The van der Waals surface area contributed by atoms with Crippen LogP contribution in [0.4, 0.5) is 8.78 Å². The summed E-state index contributed by atoms with van der Waals surface area (Å²) in [5.41, 5.74) is 0.927. The summed E-state index contributed by atoms with van der Waals surface area (Å²) in [6.45, 7) is 5.01. The molecule has 0 saturated heterocycles. The van der Waals surface area contributed by atoms with Gasteiger partial charge < -0.3 is 5.32 Å². The summed E-state index contributed by atoms with van der Waals surface area (Å²) in [7, 11) is 0. The molecule has 1 atom stereocenters. The normalized spacial score (nSPS) is 19.5. The van der Waals surface area contributed by atoms with Crippen molar-refractivity contribution in [2.75, 3.05) is 6.54 Å². The summed E-state index contributed by atoms with van der Waals surface area (Å²) in [5, 5.41) is 3.30. The van der Waals surface area contributed by atoms with E-state index < -0.39 is 11.6 Å². The molecule has 1 unspecified atom stereocenters. The van der Waals surface area contributed by atoms with Crippen LogP contribution in [0.3, 0.4) is 0 Å². The van der Waals surface area contributed by atoms with Crippen molar-refractivity contribution < 1.29 is 8.78 Å². The van der Waals surface area contributed by atoms with Gasteiger partial charge in [0.1, 0.15) is 11.6 Å². The molecule has 0 bridgehead atoms. The van der Waals surface area contributed by atoms with Crippen LogP contribution in [0.1, 0.15) is 38.3 Å². The van der Waals surface area contributed by atoms with Crippen molar-refractivity contribution in [2.24, 2.45) is 5.41 Å². The molecule has 1 aliphatic rings. The zero-order valence-corrected chi connectivity index (χ0v) is 9.69. The van der Waals surface area contributed by atoms with Crippen LogP contribution in [-0.4, -0.2) is 6.54 Å². The van der Waals surface area contributed by atoms with Gasteiger partial charge >= 0.3 is 0 Å². The highest BCUT2D eigenvalue weighted by Gasteiger charge is 2.37. The molecule has 1 aromatic carbocycles. The van der Waals surface area contributed by atoms with E-state index in [-0.39, 0.29) is 6.04 Å². The SMILES string of the molecule is CC(NCC1(C)CC1)c1ccc(F)cc1F. The first-order valence-corrected chi connectivity index (χ1v) is 5.68. The average Bonchev–Trinajstić information content (AvgIpc) is 2.94. The van der Waals surface area contributed by atoms with Gasteiger partial charge in [0.25, 0.3) is 0 Å². The lowest BCUT2D eigenvalue weighted by Crippen LogP contribution is -2.25. The molecule has 0 aliphatic heterocycles. The van der Waals surface area contributed by atoms with E-state index in [4.69, 9.17) is 0 Å². The highest BCUT2D eigenvalue weighted by atomic mass is 19.1. The van der Waals surface area contributed by atoms with Crippen LogP contribution in [0, 0.1) is 17.0 Å². The third-order valence-corrected chi connectivity index (χ3v) is 3.37. The highest BCUT2D eigenvalue weighted by molar-refractivity contribution is 5.21. The summed E-state index contributed by atoms with van der Waals surface area (Å²) >= 11 is 0. The van der Waals surface area contributed by atoms with Crippen LogP contribution in [0.5, 0.6) is 0 Å². The Balaban J connectivity index is 1.99. The van der Waals surface area contributed by atoms with Crippen LogP contribution in [0.2, 0.25) is 0 Å². The topological polar surface area (TPSA) is 12.0 Å². The number of nitrogens with one attached hydrogen (secondary N) is 1. The van der Waals surface area contributed by atoms with Crippen molar-refractivity contribution in [3.05, 3.63) is 35.4 Å². The van der Waals surface area contributed by atoms with E-state index in [1.165, 1.54) is 25.0 Å². The molecule has 1 saturated carbocycles. The van der Waals surface area contributed by atoms with Crippen molar-refractivity contribution >= 4 is 0 Å². The lowest BCUT2D eigenvalue weighted by Gasteiger charge is -2.17. The fourth-order valence-corrected chi connectivity index (χ4v) is 1.75. The second-order valence-electron chi connectivity index (χ2n) is 5.08. The van der Waals surface area contributed by atoms with E-state index in [0.29, 0.717) is 11.0 Å². The smallest absolute Gasteiger partial charge is 0.130 e. The Morgan fingerprint density at radius 3 is 2.62 bits per heavy atom. The van der Waals surface area contributed by atoms with Crippen LogP contribution in [0.25, 0.3) is 0 Å². The first-order valence-electron chi connectivity index (χ1n) is 5.68. The summed E-state index contributed by atoms with van der Waals surface area (Å²) < 4.78 is 26.2. The largest absolute Gasteiger partial charge is 0.310 e. The lowest BCUT2D eigenvalue weighted by atomic mass is 10.1. The number of halogens is 2. The van der Waals surface area contributed by atoms with Gasteiger partial charge in [-0.1, -0.05) is 13.0 Å². The van der Waals surface area contributed by atoms with Gasteiger partial charge in [0.05, 0.1) is 0 Å². The Hall–Kier alpha value is -0.960. The quantitative estimate of drug-likeness (QED) is 0.828. The monoisotopic (exact) mass is 225 g/mol. The standard InChI is InChI=1S/C13H17F2N/c1-9(16-8-13(2)5-6-13)11-4-3-10(14)7-12(11)15/h3-4,7,9,16H,5-6,8H2,1-2H3. The Morgan fingerprint density at radius 1 is 1.38 bits per heavy atom. The zero-order chi connectivity index (χ0) is 11.8. The molecule has 0 spiro atoms. The second kappa shape index (κ2) is 4.13. The fourth-order valence-electron chi connectivity index (χ4n) is 1.75. The molecule has 88 valence electrons. The Kier molecular flexibility index (Phi) is 2.98. The van der Waals surface area contributed by atoms with Crippen molar-refractivity contribution in [2.45, 2.75) is 32.7 Å². The van der Waals surface area contributed by atoms with E-state index in [1.807, 2.05) is 6.92 Å². The van der Waals surface area contributed by atoms with Gasteiger partial charge in [-0.05, 0) is 31.2 Å². The van der Waals surface area contributed by atoms with E-state index in [2.05, 4.69) is 12.2 Å². The molecule has 2 rings (SSSR count). The van der Waals surface area contributed by atoms with Crippen LogP contribution in [-0.2, 0) is 0 Å². The maximum Gasteiger partial charge on any atom is 0.130 e. The summed E-state index contributed by atoms with van der Waals surface area (Å²) in [4.78, 5) is 0. The predicted octanol–water partition coefficient (Wildman–Crippen LogP) is 3.42. The summed E-state index contributed by atoms with van der Waals surface area (Å²) in [6, 6.07) is 3.68. The molecule has 3 heteroatoms. The minimum atomic E-state index is -0.525. The summed E-state index contributed by atoms with van der Waals surface area (Å²) in [5.74, 6) is -0.997. The molecule has 0 amide bonds. The molecule has 16 heavy (non-hydrogen) atoms. The molecule has 1 aliphatic carbocycles. The van der Waals surface area contributed by atoms with Gasteiger partial charge in [-0.2, -0.15) is 0 Å². The van der Waals surface area contributed by atoms with Gasteiger partial charge in [0.2, 0.25) is 0 Å². The maximum absolute atomic E-state index is 13.5. The second-order valence-corrected chi connectivity index (χ2v) is 5.08. The average molecular weight is 225 g/mol. The molecule has 1 N–H and O–H groups in total. The van der Waals surface area contributed by atoms with Gasteiger partial charge in [-0.25, -0.2) is 8.78 Å². The van der Waals surface area contributed by atoms with Crippen molar-refractivity contribution in [3.63, 3.8) is 0 Å². The van der Waals surface area contributed by atoms with E-state index in [9.17, 15) is 8.78 Å². The number of rotatable bonds is 4. The Labute approximate surface area is 94.9 Å². The molecule has 0 radical (unpaired) electrons. The third-order valence-electron chi connectivity index (χ3n) is 3.37. The molecular weight excluding hydrogens is 208 g/mol. The first kappa shape index (κ1) is 11.5. The molecule has 1 fully saturated rings. The zero-order valence-electron chi connectivity index (χ0n) is 9.69. The number of hydrogen-bond donors (Lipinski definition) is 1. The Bertz CT molecular complexity index is 386. The predicted molar refractivity (Wildman–Crippen MR) is 60.1 cm³/mol.